The number of carbonyl (C=O) groups is 1. The first-order chi connectivity index (χ1) is 9.01. The maximum atomic E-state index is 11.6. The van der Waals surface area contributed by atoms with Gasteiger partial charge in [0.15, 0.2) is 0 Å². The zero-order chi connectivity index (χ0) is 13.9. The molecule has 104 valence electrons. The van der Waals surface area contributed by atoms with Gasteiger partial charge in [0.1, 0.15) is 0 Å². The number of sulfonamides is 1. The molecule has 3 N–H and O–H groups in total. The molecular formula is C12H17N3O3S. The molecule has 1 saturated carbocycles. The van der Waals surface area contributed by atoms with Gasteiger partial charge in [0, 0.05) is 11.7 Å². The van der Waals surface area contributed by atoms with Crippen molar-refractivity contribution in [3.05, 3.63) is 24.3 Å². The molecule has 0 spiro atoms. The lowest BCUT2D eigenvalue weighted by Crippen LogP contribution is -2.29. The number of anilines is 1. The van der Waals surface area contributed by atoms with Crippen LogP contribution in [0.4, 0.5) is 5.69 Å². The molecule has 0 aromatic heterocycles. The van der Waals surface area contributed by atoms with Gasteiger partial charge in [-0.25, -0.2) is 13.1 Å². The van der Waals surface area contributed by atoms with Gasteiger partial charge in [0.25, 0.3) is 0 Å². The van der Waals surface area contributed by atoms with Crippen LogP contribution in [0.5, 0.6) is 0 Å². The van der Waals surface area contributed by atoms with E-state index in [1.165, 1.54) is 19.2 Å². The number of amides is 1. The Morgan fingerprint density at radius 1 is 1.37 bits per heavy atom. The van der Waals surface area contributed by atoms with Gasteiger partial charge in [-0.15, -0.1) is 0 Å². The van der Waals surface area contributed by atoms with Crippen molar-refractivity contribution < 1.29 is 13.2 Å². The summed E-state index contributed by atoms with van der Waals surface area (Å²) < 4.78 is 25.5. The predicted molar refractivity (Wildman–Crippen MR) is 72.3 cm³/mol. The third-order valence-corrected chi connectivity index (χ3v) is 4.24. The average Bonchev–Trinajstić information content (AvgIpc) is 3.21. The van der Waals surface area contributed by atoms with E-state index in [0.29, 0.717) is 11.7 Å². The van der Waals surface area contributed by atoms with E-state index < -0.39 is 10.0 Å². The Balaban J connectivity index is 2.00. The second-order valence-electron chi connectivity index (χ2n) is 4.44. The standard InChI is InChI=1S/C12H17N3O3S/c1-13-19(17,18)11-4-2-3-10(7-11)15-12(16)8-14-9-5-6-9/h2-4,7,9,13-14H,5-6,8H2,1H3,(H,15,16). The Labute approximate surface area is 112 Å². The molecular weight excluding hydrogens is 266 g/mol. The Morgan fingerprint density at radius 3 is 2.74 bits per heavy atom. The molecule has 1 aliphatic carbocycles. The largest absolute Gasteiger partial charge is 0.325 e. The van der Waals surface area contributed by atoms with E-state index in [1.54, 1.807) is 12.1 Å². The van der Waals surface area contributed by atoms with Gasteiger partial charge in [-0.1, -0.05) is 6.07 Å². The van der Waals surface area contributed by atoms with Gasteiger partial charge in [-0.3, -0.25) is 4.79 Å². The lowest BCUT2D eigenvalue weighted by atomic mass is 10.3. The minimum absolute atomic E-state index is 0.128. The van der Waals surface area contributed by atoms with Crippen LogP contribution in [-0.4, -0.2) is 34.0 Å². The maximum absolute atomic E-state index is 11.6. The fraction of sp³-hybridized carbons (Fsp3) is 0.417. The minimum Gasteiger partial charge on any atom is -0.325 e. The molecule has 19 heavy (non-hydrogen) atoms. The molecule has 0 atom stereocenters. The lowest BCUT2D eigenvalue weighted by Gasteiger charge is -2.08. The Hall–Kier alpha value is -1.44. The number of carbonyl (C=O) groups excluding carboxylic acids is 1. The van der Waals surface area contributed by atoms with E-state index in [0.717, 1.165) is 12.8 Å². The van der Waals surface area contributed by atoms with Gasteiger partial charge >= 0.3 is 0 Å². The topological polar surface area (TPSA) is 87.3 Å². The number of hydrogen-bond acceptors (Lipinski definition) is 4. The van der Waals surface area contributed by atoms with Gasteiger partial charge in [-0.05, 0) is 38.1 Å². The summed E-state index contributed by atoms with van der Waals surface area (Å²) in [4.78, 5) is 11.8. The highest BCUT2D eigenvalue weighted by Crippen LogP contribution is 2.18. The summed E-state index contributed by atoms with van der Waals surface area (Å²) in [7, 11) is -2.14. The van der Waals surface area contributed by atoms with Crippen LogP contribution in [0, 0.1) is 0 Å². The van der Waals surface area contributed by atoms with E-state index in [1.807, 2.05) is 0 Å². The summed E-state index contributed by atoms with van der Waals surface area (Å²) in [5, 5.41) is 5.76. The molecule has 0 saturated heterocycles. The zero-order valence-corrected chi connectivity index (χ0v) is 11.5. The predicted octanol–water partition coefficient (Wildman–Crippen LogP) is 0.285. The molecule has 7 heteroatoms. The smallest absolute Gasteiger partial charge is 0.240 e. The van der Waals surface area contributed by atoms with E-state index in [9.17, 15) is 13.2 Å². The summed E-state index contributed by atoms with van der Waals surface area (Å²) in [5.41, 5.74) is 0.471. The molecule has 0 bridgehead atoms. The SMILES string of the molecule is CNS(=O)(=O)c1cccc(NC(=O)CNC2CC2)c1. The molecule has 2 rings (SSSR count). The number of hydrogen-bond donors (Lipinski definition) is 3. The molecule has 1 aliphatic rings. The summed E-state index contributed by atoms with van der Waals surface area (Å²) in [6.45, 7) is 0.244. The van der Waals surface area contributed by atoms with Crippen molar-refractivity contribution in [1.82, 2.24) is 10.0 Å². The van der Waals surface area contributed by atoms with Crippen molar-refractivity contribution >= 4 is 21.6 Å². The van der Waals surface area contributed by atoms with Gasteiger partial charge in [0.2, 0.25) is 15.9 Å². The second kappa shape index (κ2) is 5.68. The molecule has 0 heterocycles. The normalized spacial score (nSPS) is 15.2. The number of benzene rings is 1. The Morgan fingerprint density at radius 2 is 2.11 bits per heavy atom. The van der Waals surface area contributed by atoms with E-state index >= 15 is 0 Å². The summed E-state index contributed by atoms with van der Waals surface area (Å²) in [5.74, 6) is -0.175. The van der Waals surface area contributed by atoms with E-state index in [-0.39, 0.29) is 17.3 Å². The minimum atomic E-state index is -3.49. The fourth-order valence-corrected chi connectivity index (χ4v) is 2.36. The van der Waals surface area contributed by atoms with Crippen molar-refractivity contribution in [1.29, 1.82) is 0 Å². The third-order valence-electron chi connectivity index (χ3n) is 2.83. The quantitative estimate of drug-likeness (QED) is 0.700. The highest BCUT2D eigenvalue weighted by molar-refractivity contribution is 7.89. The number of nitrogens with one attached hydrogen (secondary N) is 3. The van der Waals surface area contributed by atoms with Crippen LogP contribution >= 0.6 is 0 Å². The first kappa shape index (κ1) is 14.0. The van der Waals surface area contributed by atoms with Crippen LogP contribution < -0.4 is 15.4 Å². The van der Waals surface area contributed by atoms with Crippen molar-refractivity contribution in [2.24, 2.45) is 0 Å². The van der Waals surface area contributed by atoms with Crippen molar-refractivity contribution in [2.75, 3.05) is 18.9 Å². The van der Waals surface area contributed by atoms with Crippen molar-refractivity contribution in [3.8, 4) is 0 Å². The fourth-order valence-electron chi connectivity index (χ4n) is 1.59. The van der Waals surface area contributed by atoms with Crippen LogP contribution in [0.1, 0.15) is 12.8 Å². The van der Waals surface area contributed by atoms with Crippen LogP contribution in [-0.2, 0) is 14.8 Å². The summed E-state index contributed by atoms with van der Waals surface area (Å²) >= 11 is 0. The molecule has 0 unspecified atom stereocenters. The first-order valence-corrected chi connectivity index (χ1v) is 7.56. The van der Waals surface area contributed by atoms with Crippen LogP contribution in [0.25, 0.3) is 0 Å². The zero-order valence-electron chi connectivity index (χ0n) is 10.6. The van der Waals surface area contributed by atoms with Gasteiger partial charge < -0.3 is 10.6 Å². The monoisotopic (exact) mass is 283 g/mol. The van der Waals surface area contributed by atoms with Crippen LogP contribution in [0.15, 0.2) is 29.2 Å². The third kappa shape index (κ3) is 4.02. The van der Waals surface area contributed by atoms with Crippen molar-refractivity contribution in [3.63, 3.8) is 0 Å². The van der Waals surface area contributed by atoms with Gasteiger partial charge in [-0.2, -0.15) is 0 Å². The maximum Gasteiger partial charge on any atom is 0.240 e. The molecule has 0 radical (unpaired) electrons. The first-order valence-electron chi connectivity index (χ1n) is 6.08. The van der Waals surface area contributed by atoms with E-state index in [4.69, 9.17) is 0 Å². The second-order valence-corrected chi connectivity index (χ2v) is 6.33. The highest BCUT2D eigenvalue weighted by Gasteiger charge is 2.21. The van der Waals surface area contributed by atoms with Crippen LogP contribution in [0.3, 0.4) is 0 Å². The molecule has 1 aromatic rings. The molecule has 1 aromatic carbocycles. The Bertz CT molecular complexity index is 567. The molecule has 1 fully saturated rings. The highest BCUT2D eigenvalue weighted by atomic mass is 32.2. The summed E-state index contributed by atoms with van der Waals surface area (Å²) in [6.07, 6.45) is 2.23. The van der Waals surface area contributed by atoms with E-state index in [2.05, 4.69) is 15.4 Å². The molecule has 0 aliphatic heterocycles. The van der Waals surface area contributed by atoms with Crippen molar-refractivity contribution in [2.45, 2.75) is 23.8 Å². The molecule has 6 nitrogen and oxygen atoms in total. The molecule has 1 amide bonds. The lowest BCUT2D eigenvalue weighted by molar-refractivity contribution is -0.115. The van der Waals surface area contributed by atoms with Gasteiger partial charge in [0.05, 0.1) is 11.4 Å². The average molecular weight is 283 g/mol. The van der Waals surface area contributed by atoms with Crippen LogP contribution in [0.2, 0.25) is 0 Å². The Kier molecular flexibility index (Phi) is 4.18. The number of rotatable bonds is 6. The summed E-state index contributed by atoms with van der Waals surface area (Å²) in [6, 6.07) is 6.62.